The molecule has 0 aromatic heterocycles. The molecule has 0 unspecified atom stereocenters. The molecule has 0 atom stereocenters. The molecule has 0 radical (unpaired) electrons. The van der Waals surface area contributed by atoms with Crippen molar-refractivity contribution >= 4 is 0 Å². The summed E-state index contributed by atoms with van der Waals surface area (Å²) >= 11 is 0. The first-order valence-electron chi connectivity index (χ1n) is 5.85. The van der Waals surface area contributed by atoms with Crippen LogP contribution in [0.25, 0.3) is 0 Å². The fourth-order valence-corrected chi connectivity index (χ4v) is 1.35. The number of benzene rings is 1. The third-order valence-electron chi connectivity index (χ3n) is 2.34. The highest BCUT2D eigenvalue weighted by Gasteiger charge is 2.02. The normalized spacial score (nSPS) is 10.6. The lowest BCUT2D eigenvalue weighted by molar-refractivity contribution is 0.268. The molecule has 17 heavy (non-hydrogen) atoms. The summed E-state index contributed by atoms with van der Waals surface area (Å²) in [4.78, 5) is 0. The van der Waals surface area contributed by atoms with Gasteiger partial charge in [0.15, 0.2) is 0 Å². The van der Waals surface area contributed by atoms with Gasteiger partial charge in [-0.05, 0) is 11.6 Å². The number of aliphatic hydroxyl groups excluding tert-OH is 1. The zero-order chi connectivity index (χ0) is 12.7. The van der Waals surface area contributed by atoms with Gasteiger partial charge in [0, 0.05) is 18.2 Å². The van der Waals surface area contributed by atoms with Crippen molar-refractivity contribution in [2.75, 3.05) is 13.2 Å². The number of ether oxygens (including phenoxy) is 1. The Balaban J connectivity index is 2.42. The van der Waals surface area contributed by atoms with Gasteiger partial charge in [-0.15, -0.1) is 0 Å². The lowest BCUT2D eigenvalue weighted by Gasteiger charge is -2.13. The Hall–Kier alpha value is -1.32. The van der Waals surface area contributed by atoms with Gasteiger partial charge in [0.05, 0.1) is 6.61 Å². The first-order valence-corrected chi connectivity index (χ1v) is 5.85. The van der Waals surface area contributed by atoms with E-state index in [9.17, 15) is 0 Å². The van der Waals surface area contributed by atoms with E-state index in [1.807, 2.05) is 24.3 Å². The van der Waals surface area contributed by atoms with Crippen LogP contribution in [0, 0.1) is 0 Å². The molecule has 1 aromatic carbocycles. The summed E-state index contributed by atoms with van der Waals surface area (Å²) in [5.41, 5.74) is 1.79. The lowest BCUT2D eigenvalue weighted by Crippen LogP contribution is -2.26. The van der Waals surface area contributed by atoms with Crippen molar-refractivity contribution in [3.63, 3.8) is 0 Å². The van der Waals surface area contributed by atoms with Crippen molar-refractivity contribution in [1.29, 1.82) is 0 Å². The molecular weight excluding hydrogens is 214 g/mol. The Morgan fingerprint density at radius 1 is 1.41 bits per heavy atom. The van der Waals surface area contributed by atoms with Crippen LogP contribution in [-0.2, 0) is 6.61 Å². The quantitative estimate of drug-likeness (QED) is 0.711. The van der Waals surface area contributed by atoms with E-state index < -0.39 is 0 Å². The van der Waals surface area contributed by atoms with E-state index in [0.29, 0.717) is 12.6 Å². The van der Waals surface area contributed by atoms with Crippen LogP contribution in [0.5, 0.6) is 5.75 Å². The van der Waals surface area contributed by atoms with E-state index >= 15 is 0 Å². The van der Waals surface area contributed by atoms with Crippen molar-refractivity contribution in [1.82, 2.24) is 5.32 Å². The van der Waals surface area contributed by atoms with Crippen LogP contribution in [0.15, 0.2) is 36.4 Å². The summed E-state index contributed by atoms with van der Waals surface area (Å²) in [5, 5.41) is 12.4. The van der Waals surface area contributed by atoms with Crippen LogP contribution in [0.1, 0.15) is 19.4 Å². The standard InChI is InChI=1S/C14H21NO2/c1-11(2)15-8-12(3)10-17-14-7-5-4-6-13(14)9-16/h4-7,11,15-16H,3,8-10H2,1-2H3. The smallest absolute Gasteiger partial charge is 0.125 e. The molecular formula is C14H21NO2. The van der Waals surface area contributed by atoms with Gasteiger partial charge in [-0.1, -0.05) is 38.6 Å². The second-order valence-corrected chi connectivity index (χ2v) is 4.34. The Morgan fingerprint density at radius 3 is 2.76 bits per heavy atom. The molecule has 0 saturated heterocycles. The summed E-state index contributed by atoms with van der Waals surface area (Å²) < 4.78 is 5.62. The minimum atomic E-state index is -0.00705. The Labute approximate surface area is 103 Å². The number of hydrogen-bond acceptors (Lipinski definition) is 3. The van der Waals surface area contributed by atoms with E-state index in [0.717, 1.165) is 23.4 Å². The van der Waals surface area contributed by atoms with Crippen LogP contribution in [0.2, 0.25) is 0 Å². The molecule has 0 amide bonds. The second kappa shape index (κ2) is 7.09. The van der Waals surface area contributed by atoms with Crippen LogP contribution >= 0.6 is 0 Å². The molecule has 3 nitrogen and oxygen atoms in total. The van der Waals surface area contributed by atoms with Crippen LogP contribution < -0.4 is 10.1 Å². The van der Waals surface area contributed by atoms with Crippen LogP contribution in [-0.4, -0.2) is 24.3 Å². The zero-order valence-corrected chi connectivity index (χ0v) is 10.6. The van der Waals surface area contributed by atoms with E-state index in [1.54, 1.807) is 0 Å². The first kappa shape index (κ1) is 13.7. The fraction of sp³-hybridized carbons (Fsp3) is 0.429. The molecule has 0 saturated carbocycles. The first-order chi connectivity index (χ1) is 8.13. The Morgan fingerprint density at radius 2 is 2.12 bits per heavy atom. The zero-order valence-electron chi connectivity index (χ0n) is 10.6. The van der Waals surface area contributed by atoms with Gasteiger partial charge in [-0.25, -0.2) is 0 Å². The van der Waals surface area contributed by atoms with Crippen molar-refractivity contribution < 1.29 is 9.84 Å². The highest BCUT2D eigenvalue weighted by atomic mass is 16.5. The van der Waals surface area contributed by atoms with Gasteiger partial charge in [-0.2, -0.15) is 0 Å². The van der Waals surface area contributed by atoms with E-state index in [2.05, 4.69) is 25.7 Å². The highest BCUT2D eigenvalue weighted by Crippen LogP contribution is 2.17. The second-order valence-electron chi connectivity index (χ2n) is 4.34. The minimum absolute atomic E-state index is 0.00705. The third kappa shape index (κ3) is 5.02. The Kier molecular flexibility index (Phi) is 5.73. The van der Waals surface area contributed by atoms with Crippen molar-refractivity contribution in [2.24, 2.45) is 0 Å². The summed E-state index contributed by atoms with van der Waals surface area (Å²) in [6.07, 6.45) is 0. The average Bonchev–Trinajstić information content (AvgIpc) is 2.34. The average molecular weight is 235 g/mol. The summed E-state index contributed by atoms with van der Waals surface area (Å²) in [6.45, 7) is 9.34. The molecule has 0 heterocycles. The largest absolute Gasteiger partial charge is 0.489 e. The van der Waals surface area contributed by atoms with Gasteiger partial charge in [0.2, 0.25) is 0 Å². The van der Waals surface area contributed by atoms with Crippen molar-refractivity contribution in [2.45, 2.75) is 26.5 Å². The maximum absolute atomic E-state index is 9.15. The molecule has 0 fully saturated rings. The molecule has 1 aromatic rings. The van der Waals surface area contributed by atoms with E-state index in [1.165, 1.54) is 0 Å². The number of nitrogens with one attached hydrogen (secondary N) is 1. The summed E-state index contributed by atoms with van der Waals surface area (Å²) in [6, 6.07) is 7.92. The predicted molar refractivity (Wildman–Crippen MR) is 70.1 cm³/mol. The molecule has 0 aliphatic carbocycles. The van der Waals surface area contributed by atoms with E-state index in [-0.39, 0.29) is 6.61 Å². The maximum atomic E-state index is 9.15. The van der Waals surface area contributed by atoms with Crippen molar-refractivity contribution in [3.8, 4) is 5.75 Å². The molecule has 0 bridgehead atoms. The van der Waals surface area contributed by atoms with Gasteiger partial charge in [-0.3, -0.25) is 0 Å². The van der Waals surface area contributed by atoms with Gasteiger partial charge in [0.1, 0.15) is 12.4 Å². The predicted octanol–water partition coefficient (Wildman–Crippen LogP) is 2.11. The fourth-order valence-electron chi connectivity index (χ4n) is 1.35. The third-order valence-corrected chi connectivity index (χ3v) is 2.34. The minimum Gasteiger partial charge on any atom is -0.489 e. The molecule has 0 aliphatic heterocycles. The van der Waals surface area contributed by atoms with Gasteiger partial charge in [0.25, 0.3) is 0 Å². The number of rotatable bonds is 7. The van der Waals surface area contributed by atoms with Gasteiger partial charge < -0.3 is 15.2 Å². The molecule has 0 spiro atoms. The molecule has 2 N–H and O–H groups in total. The Bertz CT molecular complexity index is 361. The highest BCUT2D eigenvalue weighted by molar-refractivity contribution is 5.32. The number of aliphatic hydroxyl groups is 1. The topological polar surface area (TPSA) is 41.5 Å². The SMILES string of the molecule is C=C(CNC(C)C)COc1ccccc1CO. The molecule has 0 aliphatic rings. The molecule has 1 rings (SSSR count). The van der Waals surface area contributed by atoms with E-state index in [4.69, 9.17) is 9.84 Å². The van der Waals surface area contributed by atoms with Gasteiger partial charge >= 0.3 is 0 Å². The number of hydrogen-bond donors (Lipinski definition) is 2. The maximum Gasteiger partial charge on any atom is 0.125 e. The summed E-state index contributed by atoms with van der Waals surface area (Å²) in [7, 11) is 0. The summed E-state index contributed by atoms with van der Waals surface area (Å²) in [5.74, 6) is 0.723. The molecule has 3 heteroatoms. The van der Waals surface area contributed by atoms with Crippen LogP contribution in [0.4, 0.5) is 0 Å². The molecule has 94 valence electrons. The van der Waals surface area contributed by atoms with Crippen LogP contribution in [0.3, 0.4) is 0 Å². The van der Waals surface area contributed by atoms with Crippen molar-refractivity contribution in [3.05, 3.63) is 42.0 Å². The lowest BCUT2D eigenvalue weighted by atomic mass is 10.2. The monoisotopic (exact) mass is 235 g/mol. The number of para-hydroxylation sites is 1.